The molecule has 3 nitrogen and oxygen atoms in total. The molecule has 112 valence electrons. The fourth-order valence-electron chi connectivity index (χ4n) is 2.85. The van der Waals surface area contributed by atoms with Crippen LogP contribution in [-0.4, -0.2) is 19.8 Å². The molecule has 0 amide bonds. The van der Waals surface area contributed by atoms with Gasteiger partial charge in [0.05, 0.1) is 13.2 Å². The molecule has 0 spiro atoms. The molecule has 20 heavy (non-hydrogen) atoms. The number of methoxy groups -OCH3 is 1. The summed E-state index contributed by atoms with van der Waals surface area (Å²) in [5.41, 5.74) is 1.23. The summed E-state index contributed by atoms with van der Waals surface area (Å²) in [7, 11) is 1.71. The van der Waals surface area contributed by atoms with Crippen molar-refractivity contribution in [3.8, 4) is 11.5 Å². The van der Waals surface area contributed by atoms with Gasteiger partial charge >= 0.3 is 0 Å². The highest BCUT2D eigenvalue weighted by Gasteiger charge is 2.21. The van der Waals surface area contributed by atoms with E-state index in [0.717, 1.165) is 43.3 Å². The van der Waals surface area contributed by atoms with Gasteiger partial charge in [-0.05, 0) is 49.4 Å². The number of hydrogen-bond acceptors (Lipinski definition) is 3. The molecular formula is C17H27NO2. The van der Waals surface area contributed by atoms with E-state index in [0.29, 0.717) is 6.10 Å². The molecule has 1 fully saturated rings. The van der Waals surface area contributed by atoms with Gasteiger partial charge in [-0.2, -0.15) is 0 Å². The van der Waals surface area contributed by atoms with Crippen molar-refractivity contribution in [2.45, 2.75) is 52.2 Å². The SMILES string of the molecule is CCNCc1ccc(OC2CCCC(C)C2)c(OC)c1. The molecule has 1 aromatic carbocycles. The zero-order chi connectivity index (χ0) is 14.4. The van der Waals surface area contributed by atoms with Crippen LogP contribution in [0.15, 0.2) is 18.2 Å². The molecule has 0 saturated heterocycles. The normalized spacial score (nSPS) is 22.6. The Morgan fingerprint density at radius 2 is 2.10 bits per heavy atom. The van der Waals surface area contributed by atoms with E-state index < -0.39 is 0 Å². The second kappa shape index (κ2) is 7.53. The Morgan fingerprint density at radius 3 is 2.80 bits per heavy atom. The van der Waals surface area contributed by atoms with Crippen LogP contribution in [0.2, 0.25) is 0 Å². The van der Waals surface area contributed by atoms with Crippen LogP contribution in [0.5, 0.6) is 11.5 Å². The van der Waals surface area contributed by atoms with Crippen molar-refractivity contribution in [3.05, 3.63) is 23.8 Å². The second-order valence-corrected chi connectivity index (χ2v) is 5.78. The quantitative estimate of drug-likeness (QED) is 0.858. The fourth-order valence-corrected chi connectivity index (χ4v) is 2.85. The van der Waals surface area contributed by atoms with E-state index >= 15 is 0 Å². The first-order chi connectivity index (χ1) is 9.72. The molecule has 2 rings (SSSR count). The van der Waals surface area contributed by atoms with Crippen molar-refractivity contribution in [2.75, 3.05) is 13.7 Å². The summed E-state index contributed by atoms with van der Waals surface area (Å²) in [4.78, 5) is 0. The Morgan fingerprint density at radius 1 is 1.25 bits per heavy atom. The van der Waals surface area contributed by atoms with Gasteiger partial charge in [-0.25, -0.2) is 0 Å². The van der Waals surface area contributed by atoms with Crippen molar-refractivity contribution in [1.29, 1.82) is 0 Å². The van der Waals surface area contributed by atoms with Gasteiger partial charge in [0.1, 0.15) is 0 Å². The summed E-state index contributed by atoms with van der Waals surface area (Å²) < 4.78 is 11.6. The molecule has 0 aromatic heterocycles. The van der Waals surface area contributed by atoms with Gasteiger partial charge in [-0.1, -0.05) is 26.3 Å². The van der Waals surface area contributed by atoms with Crippen LogP contribution in [0.1, 0.15) is 45.1 Å². The maximum Gasteiger partial charge on any atom is 0.161 e. The van der Waals surface area contributed by atoms with Gasteiger partial charge in [-0.3, -0.25) is 0 Å². The minimum atomic E-state index is 0.340. The molecule has 0 radical (unpaired) electrons. The average Bonchev–Trinajstić information content (AvgIpc) is 2.46. The van der Waals surface area contributed by atoms with Crippen molar-refractivity contribution in [2.24, 2.45) is 5.92 Å². The molecule has 1 aliphatic carbocycles. The Labute approximate surface area is 122 Å². The first-order valence-corrected chi connectivity index (χ1v) is 7.77. The molecule has 1 aromatic rings. The van der Waals surface area contributed by atoms with Gasteiger partial charge in [0, 0.05) is 6.54 Å². The van der Waals surface area contributed by atoms with E-state index in [2.05, 4.69) is 31.3 Å². The molecule has 1 N–H and O–H groups in total. The van der Waals surface area contributed by atoms with Gasteiger partial charge in [0.25, 0.3) is 0 Å². The Bertz CT molecular complexity index is 419. The number of ether oxygens (including phenoxy) is 2. The molecule has 1 aliphatic rings. The smallest absolute Gasteiger partial charge is 0.161 e. The highest BCUT2D eigenvalue weighted by Crippen LogP contribution is 2.33. The highest BCUT2D eigenvalue weighted by atomic mass is 16.5. The van der Waals surface area contributed by atoms with Gasteiger partial charge < -0.3 is 14.8 Å². The molecule has 1 saturated carbocycles. The monoisotopic (exact) mass is 277 g/mol. The summed E-state index contributed by atoms with van der Waals surface area (Å²) >= 11 is 0. The Kier molecular flexibility index (Phi) is 5.72. The van der Waals surface area contributed by atoms with E-state index in [-0.39, 0.29) is 0 Å². The van der Waals surface area contributed by atoms with Crippen molar-refractivity contribution in [1.82, 2.24) is 5.32 Å². The van der Waals surface area contributed by atoms with Gasteiger partial charge in [0.15, 0.2) is 11.5 Å². The lowest BCUT2D eigenvalue weighted by Gasteiger charge is -2.28. The van der Waals surface area contributed by atoms with E-state index in [4.69, 9.17) is 9.47 Å². The van der Waals surface area contributed by atoms with Crippen molar-refractivity contribution in [3.63, 3.8) is 0 Å². The maximum absolute atomic E-state index is 6.16. The van der Waals surface area contributed by atoms with Gasteiger partial charge in [0.2, 0.25) is 0 Å². The largest absolute Gasteiger partial charge is 0.493 e. The van der Waals surface area contributed by atoms with E-state index in [9.17, 15) is 0 Å². The third-order valence-electron chi connectivity index (χ3n) is 3.99. The van der Waals surface area contributed by atoms with Crippen LogP contribution in [0.3, 0.4) is 0 Å². The second-order valence-electron chi connectivity index (χ2n) is 5.78. The summed E-state index contributed by atoms with van der Waals surface area (Å²) in [6, 6.07) is 6.24. The molecular weight excluding hydrogens is 250 g/mol. The van der Waals surface area contributed by atoms with Crippen LogP contribution >= 0.6 is 0 Å². The van der Waals surface area contributed by atoms with Crippen LogP contribution in [-0.2, 0) is 6.54 Å². The standard InChI is InChI=1S/C17H27NO2/c1-4-18-12-14-8-9-16(17(11-14)19-3)20-15-7-5-6-13(2)10-15/h8-9,11,13,15,18H,4-7,10,12H2,1-3H3. The Balaban J connectivity index is 2.03. The van der Waals surface area contributed by atoms with Crippen LogP contribution in [0.4, 0.5) is 0 Å². The summed E-state index contributed by atoms with van der Waals surface area (Å²) in [5.74, 6) is 2.50. The van der Waals surface area contributed by atoms with Crippen LogP contribution in [0.25, 0.3) is 0 Å². The van der Waals surface area contributed by atoms with E-state index in [1.54, 1.807) is 7.11 Å². The van der Waals surface area contributed by atoms with E-state index in [1.807, 2.05) is 6.07 Å². The molecule has 2 unspecified atom stereocenters. The zero-order valence-electron chi connectivity index (χ0n) is 12.9. The summed E-state index contributed by atoms with van der Waals surface area (Å²) in [6.45, 7) is 6.26. The minimum Gasteiger partial charge on any atom is -0.493 e. The number of benzene rings is 1. The first kappa shape index (κ1) is 15.2. The van der Waals surface area contributed by atoms with Crippen LogP contribution in [0, 0.1) is 5.92 Å². The first-order valence-electron chi connectivity index (χ1n) is 7.77. The zero-order valence-corrected chi connectivity index (χ0v) is 12.9. The summed E-state index contributed by atoms with van der Waals surface area (Å²) in [5, 5.41) is 3.33. The molecule has 2 atom stereocenters. The minimum absolute atomic E-state index is 0.340. The molecule has 0 bridgehead atoms. The molecule has 0 aliphatic heterocycles. The number of nitrogens with one attached hydrogen (secondary N) is 1. The number of hydrogen-bond donors (Lipinski definition) is 1. The lowest BCUT2D eigenvalue weighted by Crippen LogP contribution is -2.24. The third kappa shape index (κ3) is 4.14. The molecule has 0 heterocycles. The van der Waals surface area contributed by atoms with Crippen molar-refractivity contribution >= 4 is 0 Å². The molecule has 3 heteroatoms. The third-order valence-corrected chi connectivity index (χ3v) is 3.99. The lowest BCUT2D eigenvalue weighted by molar-refractivity contribution is 0.125. The fraction of sp³-hybridized carbons (Fsp3) is 0.647. The summed E-state index contributed by atoms with van der Waals surface area (Å²) in [6.07, 6.45) is 5.26. The lowest BCUT2D eigenvalue weighted by atomic mass is 9.89. The van der Waals surface area contributed by atoms with E-state index in [1.165, 1.54) is 18.4 Å². The van der Waals surface area contributed by atoms with Gasteiger partial charge in [-0.15, -0.1) is 0 Å². The predicted octanol–water partition coefficient (Wildman–Crippen LogP) is 3.76. The van der Waals surface area contributed by atoms with Crippen LogP contribution < -0.4 is 14.8 Å². The Hall–Kier alpha value is -1.22. The maximum atomic E-state index is 6.16. The predicted molar refractivity (Wildman–Crippen MR) is 82.4 cm³/mol. The highest BCUT2D eigenvalue weighted by molar-refractivity contribution is 5.43. The topological polar surface area (TPSA) is 30.5 Å². The number of rotatable bonds is 6. The average molecular weight is 277 g/mol. The van der Waals surface area contributed by atoms with Crippen molar-refractivity contribution < 1.29 is 9.47 Å².